The van der Waals surface area contributed by atoms with Crippen LogP contribution in [0.2, 0.25) is 0 Å². The van der Waals surface area contributed by atoms with Gasteiger partial charge in [-0.25, -0.2) is 4.21 Å². The summed E-state index contributed by atoms with van der Waals surface area (Å²) >= 11 is 0. The van der Waals surface area contributed by atoms with E-state index in [9.17, 15) is 13.8 Å². The highest BCUT2D eigenvalue weighted by Gasteiger charge is 2.41. The molecule has 3 aliphatic heterocycles. The number of piperidine rings is 1. The van der Waals surface area contributed by atoms with E-state index in [4.69, 9.17) is 9.47 Å². The van der Waals surface area contributed by atoms with Crippen LogP contribution < -0.4 is 4.90 Å². The number of rotatable bonds is 3. The molecule has 3 heterocycles. The quantitative estimate of drug-likeness (QED) is 0.541. The summed E-state index contributed by atoms with van der Waals surface area (Å²) in [5.74, 6) is -0.918. The molecule has 0 bridgehead atoms. The fourth-order valence-corrected chi connectivity index (χ4v) is 6.48. The topological polar surface area (TPSA) is 76.2 Å². The second kappa shape index (κ2) is 9.28. The van der Waals surface area contributed by atoms with Crippen molar-refractivity contribution in [1.82, 2.24) is 4.90 Å². The first-order valence-corrected chi connectivity index (χ1v) is 13.3. The van der Waals surface area contributed by atoms with Gasteiger partial charge in [0, 0.05) is 31.5 Å². The molecule has 3 aromatic rings. The third-order valence-electron chi connectivity index (χ3n) is 7.07. The Morgan fingerprint density at radius 2 is 1.58 bits per heavy atom. The Morgan fingerprint density at radius 1 is 0.889 bits per heavy atom. The van der Waals surface area contributed by atoms with E-state index >= 15 is 0 Å². The number of ether oxygens (including phenoxy) is 2. The van der Waals surface area contributed by atoms with Gasteiger partial charge in [-0.15, -0.1) is 0 Å². The van der Waals surface area contributed by atoms with Crippen LogP contribution in [0.15, 0.2) is 82.6 Å². The molecule has 2 fully saturated rings. The van der Waals surface area contributed by atoms with Crippen LogP contribution in [0, 0.1) is 0 Å². The van der Waals surface area contributed by atoms with E-state index in [0.29, 0.717) is 72.3 Å². The number of carbonyl (C=O) groups excluding carboxylic acids is 2. The molecule has 0 unspecified atom stereocenters. The first-order chi connectivity index (χ1) is 17.5. The second-order valence-corrected chi connectivity index (χ2v) is 10.6. The van der Waals surface area contributed by atoms with Gasteiger partial charge in [-0.2, -0.15) is 0 Å². The van der Waals surface area contributed by atoms with Crippen LogP contribution in [0.5, 0.6) is 0 Å². The van der Waals surface area contributed by atoms with Crippen molar-refractivity contribution in [2.45, 2.75) is 35.0 Å². The highest BCUT2D eigenvalue weighted by molar-refractivity contribution is 7.85. The fourth-order valence-electron chi connectivity index (χ4n) is 5.14. The molecule has 3 aromatic carbocycles. The van der Waals surface area contributed by atoms with Crippen LogP contribution in [-0.4, -0.2) is 53.0 Å². The van der Waals surface area contributed by atoms with E-state index in [0.717, 1.165) is 5.56 Å². The lowest BCUT2D eigenvalue weighted by molar-refractivity contribution is -0.181. The minimum Gasteiger partial charge on any atom is -0.347 e. The molecule has 0 N–H and O–H groups in total. The average Bonchev–Trinajstić information content (AvgIpc) is 3.36. The van der Waals surface area contributed by atoms with Crippen molar-refractivity contribution >= 4 is 28.3 Å². The van der Waals surface area contributed by atoms with Crippen molar-refractivity contribution in [2.75, 3.05) is 31.2 Å². The van der Waals surface area contributed by atoms with Crippen LogP contribution in [0.1, 0.15) is 39.1 Å². The number of anilines is 1. The monoisotopic (exact) mass is 502 g/mol. The van der Waals surface area contributed by atoms with Gasteiger partial charge >= 0.3 is 0 Å². The lowest BCUT2D eigenvalue weighted by atomic mass is 10.0. The molecular formula is C28H26N2O5S. The third kappa shape index (κ3) is 4.05. The molecule has 2 amide bonds. The van der Waals surface area contributed by atoms with E-state index in [2.05, 4.69) is 0 Å². The number of fused-ring (bicyclic) bond motifs is 2. The molecule has 1 spiro atoms. The number of amides is 2. The maximum Gasteiger partial charge on any atom is 0.259 e. The van der Waals surface area contributed by atoms with Gasteiger partial charge < -0.3 is 19.3 Å². The number of hydrogen-bond donors (Lipinski definition) is 0. The summed E-state index contributed by atoms with van der Waals surface area (Å²) in [6.45, 7) is 2.53. The van der Waals surface area contributed by atoms with Crippen molar-refractivity contribution in [1.29, 1.82) is 0 Å². The lowest BCUT2D eigenvalue weighted by Crippen LogP contribution is -2.47. The highest BCUT2D eigenvalue weighted by Crippen LogP contribution is 2.37. The predicted octanol–water partition coefficient (Wildman–Crippen LogP) is 3.99. The van der Waals surface area contributed by atoms with Gasteiger partial charge in [0.25, 0.3) is 11.8 Å². The van der Waals surface area contributed by atoms with Crippen molar-refractivity contribution < 1.29 is 23.3 Å². The van der Waals surface area contributed by atoms with E-state index < -0.39 is 16.6 Å². The lowest BCUT2D eigenvalue weighted by Gasteiger charge is -2.37. The number of hydrogen-bond acceptors (Lipinski definition) is 5. The van der Waals surface area contributed by atoms with Crippen molar-refractivity contribution in [3.8, 4) is 0 Å². The van der Waals surface area contributed by atoms with E-state index in [1.807, 2.05) is 30.3 Å². The molecule has 2 saturated heterocycles. The molecule has 0 radical (unpaired) electrons. The molecule has 0 aromatic heterocycles. The summed E-state index contributed by atoms with van der Waals surface area (Å²) in [4.78, 5) is 31.7. The molecule has 36 heavy (non-hydrogen) atoms. The SMILES string of the molecule is O=C(c1ccc2c(c1)N(Cc1ccccc1)C(=O)c1ccccc1[S@@]2=O)N1CCC2(CC1)OCCO2. The first-order valence-electron chi connectivity index (χ1n) is 12.1. The van der Waals surface area contributed by atoms with Crippen LogP contribution in [0.3, 0.4) is 0 Å². The standard InChI is InChI=1S/C28H26N2O5S/c31-26(29-14-12-28(13-15-29)34-16-17-35-28)21-10-11-25-23(18-21)30(19-20-6-2-1-3-7-20)27(32)22-8-4-5-9-24(22)36(25)33/h1-11,18H,12-17,19H2/t36-/m0/s1. The minimum absolute atomic E-state index is 0.120. The summed E-state index contributed by atoms with van der Waals surface area (Å²) in [6, 6.07) is 21.8. The summed E-state index contributed by atoms with van der Waals surface area (Å²) < 4.78 is 25.2. The van der Waals surface area contributed by atoms with Crippen molar-refractivity contribution in [3.05, 3.63) is 89.5 Å². The zero-order valence-electron chi connectivity index (χ0n) is 19.7. The molecule has 6 rings (SSSR count). The largest absolute Gasteiger partial charge is 0.347 e. The Labute approximate surface area is 212 Å². The van der Waals surface area contributed by atoms with Gasteiger partial charge in [0.05, 0.1) is 51.6 Å². The summed E-state index contributed by atoms with van der Waals surface area (Å²) in [7, 11) is -1.56. The summed E-state index contributed by atoms with van der Waals surface area (Å²) in [5.41, 5.74) is 2.32. The normalized spacial score (nSPS) is 20.7. The fraction of sp³-hybridized carbons (Fsp3) is 0.286. The number of nitrogens with zero attached hydrogens (tertiary/aromatic N) is 2. The number of benzene rings is 3. The molecule has 1 atom stereocenters. The molecule has 0 saturated carbocycles. The zero-order valence-corrected chi connectivity index (χ0v) is 20.5. The Kier molecular flexibility index (Phi) is 5.95. The Bertz CT molecular complexity index is 1340. The van der Waals surface area contributed by atoms with Crippen LogP contribution >= 0.6 is 0 Å². The van der Waals surface area contributed by atoms with Gasteiger partial charge in [0.15, 0.2) is 5.79 Å². The van der Waals surface area contributed by atoms with Crippen LogP contribution in [0.4, 0.5) is 5.69 Å². The van der Waals surface area contributed by atoms with E-state index in [1.54, 1.807) is 52.3 Å². The molecule has 8 heteroatoms. The van der Waals surface area contributed by atoms with Crippen molar-refractivity contribution in [2.24, 2.45) is 0 Å². The maximum atomic E-state index is 13.7. The van der Waals surface area contributed by atoms with Gasteiger partial charge in [0.1, 0.15) is 0 Å². The first kappa shape index (κ1) is 23.1. The Hall–Kier alpha value is -3.33. The van der Waals surface area contributed by atoms with Gasteiger partial charge in [0.2, 0.25) is 0 Å². The Morgan fingerprint density at radius 3 is 2.33 bits per heavy atom. The maximum absolute atomic E-state index is 13.7. The van der Waals surface area contributed by atoms with Crippen LogP contribution in [0.25, 0.3) is 0 Å². The zero-order chi connectivity index (χ0) is 24.7. The smallest absolute Gasteiger partial charge is 0.259 e. The van der Waals surface area contributed by atoms with Gasteiger partial charge in [-0.3, -0.25) is 9.59 Å². The summed E-state index contributed by atoms with van der Waals surface area (Å²) in [5, 5.41) is 0. The molecule has 3 aliphatic rings. The number of carbonyl (C=O) groups is 2. The second-order valence-electron chi connectivity index (χ2n) is 9.22. The summed E-state index contributed by atoms with van der Waals surface area (Å²) in [6.07, 6.45) is 1.25. The van der Waals surface area contributed by atoms with E-state index in [-0.39, 0.29) is 11.8 Å². The van der Waals surface area contributed by atoms with Crippen LogP contribution in [-0.2, 0) is 26.8 Å². The average molecular weight is 503 g/mol. The van der Waals surface area contributed by atoms with Gasteiger partial charge in [-0.05, 0) is 35.9 Å². The molecular weight excluding hydrogens is 476 g/mol. The predicted molar refractivity (Wildman–Crippen MR) is 134 cm³/mol. The minimum atomic E-state index is -1.56. The number of likely N-dealkylation sites (tertiary alicyclic amines) is 1. The third-order valence-corrected chi connectivity index (χ3v) is 8.57. The van der Waals surface area contributed by atoms with Crippen molar-refractivity contribution in [3.63, 3.8) is 0 Å². The Balaban J connectivity index is 1.36. The molecule has 7 nitrogen and oxygen atoms in total. The van der Waals surface area contributed by atoms with E-state index in [1.165, 1.54) is 0 Å². The van der Waals surface area contributed by atoms with Gasteiger partial charge in [-0.1, -0.05) is 42.5 Å². The molecule has 0 aliphatic carbocycles. The highest BCUT2D eigenvalue weighted by atomic mass is 32.2. The molecule has 184 valence electrons.